The van der Waals surface area contributed by atoms with Crippen LogP contribution in [0.2, 0.25) is 5.02 Å². The average molecular weight is 288 g/mol. The van der Waals surface area contributed by atoms with Gasteiger partial charge in [0.25, 0.3) is 0 Å². The van der Waals surface area contributed by atoms with Gasteiger partial charge in [-0.15, -0.1) is 0 Å². The van der Waals surface area contributed by atoms with Gasteiger partial charge in [-0.2, -0.15) is 0 Å². The summed E-state index contributed by atoms with van der Waals surface area (Å²) >= 11 is 6.00. The van der Waals surface area contributed by atoms with E-state index in [1.54, 1.807) is 6.07 Å². The van der Waals surface area contributed by atoms with Crippen LogP contribution in [0.1, 0.15) is 25.5 Å². The third kappa shape index (κ3) is 5.37. The van der Waals surface area contributed by atoms with E-state index in [9.17, 15) is 5.11 Å². The van der Waals surface area contributed by atoms with Crippen LogP contribution in [0.3, 0.4) is 0 Å². The van der Waals surface area contributed by atoms with E-state index in [0.717, 1.165) is 11.3 Å². The van der Waals surface area contributed by atoms with Crippen molar-refractivity contribution in [2.24, 2.45) is 0 Å². The van der Waals surface area contributed by atoms with E-state index >= 15 is 0 Å². The molecule has 0 aliphatic carbocycles. The molecule has 4 nitrogen and oxygen atoms in total. The summed E-state index contributed by atoms with van der Waals surface area (Å²) < 4.78 is 10.8. The molecule has 2 atom stereocenters. The van der Waals surface area contributed by atoms with Crippen molar-refractivity contribution in [3.8, 4) is 5.75 Å². The molecule has 0 amide bonds. The fraction of sp³-hybridized carbons (Fsp3) is 0.571. The second-order valence-corrected chi connectivity index (χ2v) is 4.75. The molecule has 0 aliphatic rings. The molecular weight excluding hydrogens is 266 g/mol. The second-order valence-electron chi connectivity index (χ2n) is 4.32. The fourth-order valence-electron chi connectivity index (χ4n) is 1.63. The van der Waals surface area contributed by atoms with Crippen LogP contribution < -0.4 is 10.1 Å². The molecule has 19 heavy (non-hydrogen) atoms. The summed E-state index contributed by atoms with van der Waals surface area (Å²) in [5, 5.41) is 13.5. The zero-order valence-corrected chi connectivity index (χ0v) is 12.4. The number of ether oxygens (including phenoxy) is 2. The first-order chi connectivity index (χ1) is 9.08. The number of aliphatic hydroxyl groups excluding tert-OH is 1. The van der Waals surface area contributed by atoms with Gasteiger partial charge in [-0.05, 0) is 39.1 Å². The Kier molecular flexibility index (Phi) is 7.16. The van der Waals surface area contributed by atoms with Crippen molar-refractivity contribution in [1.82, 2.24) is 5.32 Å². The molecule has 5 heteroatoms. The van der Waals surface area contributed by atoms with E-state index in [0.29, 0.717) is 11.6 Å². The van der Waals surface area contributed by atoms with Gasteiger partial charge in [-0.3, -0.25) is 0 Å². The van der Waals surface area contributed by atoms with Crippen molar-refractivity contribution in [2.45, 2.75) is 26.0 Å². The van der Waals surface area contributed by atoms with E-state index in [2.05, 4.69) is 5.32 Å². The molecule has 0 saturated carbocycles. The molecule has 2 unspecified atom stereocenters. The van der Waals surface area contributed by atoms with Gasteiger partial charge in [0.2, 0.25) is 0 Å². The lowest BCUT2D eigenvalue weighted by molar-refractivity contribution is 0.0162. The molecule has 1 aromatic carbocycles. The maximum Gasteiger partial charge on any atom is 0.124 e. The van der Waals surface area contributed by atoms with Crippen molar-refractivity contribution >= 4 is 11.6 Å². The van der Waals surface area contributed by atoms with Crippen molar-refractivity contribution in [3.05, 3.63) is 28.8 Å². The van der Waals surface area contributed by atoms with Gasteiger partial charge >= 0.3 is 0 Å². The highest BCUT2D eigenvalue weighted by atomic mass is 35.5. The lowest BCUT2D eigenvalue weighted by atomic mass is 10.1. The molecule has 108 valence electrons. The van der Waals surface area contributed by atoms with Gasteiger partial charge in [0.1, 0.15) is 18.5 Å². The predicted octanol–water partition coefficient (Wildman–Crippen LogP) is 2.40. The summed E-state index contributed by atoms with van der Waals surface area (Å²) in [5.74, 6) is 0.724. The Morgan fingerprint density at radius 2 is 2.11 bits per heavy atom. The standard InChI is InChI=1S/C14H22ClNO3/c1-4-18-8-12(17)9-19-14-6-5-11(15)7-13(14)10(2)16-3/h5-7,10,12,16-17H,4,8-9H2,1-3H3. The van der Waals surface area contributed by atoms with Crippen LogP contribution in [0.15, 0.2) is 18.2 Å². The molecule has 1 aromatic rings. The molecule has 0 heterocycles. The van der Waals surface area contributed by atoms with Gasteiger partial charge in [0.05, 0.1) is 6.61 Å². The van der Waals surface area contributed by atoms with Crippen LogP contribution in [0.4, 0.5) is 0 Å². The number of nitrogens with one attached hydrogen (secondary N) is 1. The first-order valence-electron chi connectivity index (χ1n) is 6.43. The number of hydrogen-bond acceptors (Lipinski definition) is 4. The van der Waals surface area contributed by atoms with Crippen molar-refractivity contribution < 1.29 is 14.6 Å². The summed E-state index contributed by atoms with van der Waals surface area (Å²) in [6, 6.07) is 5.58. The minimum atomic E-state index is -0.631. The monoisotopic (exact) mass is 287 g/mol. The number of halogens is 1. The Hall–Kier alpha value is -0.810. The minimum Gasteiger partial charge on any atom is -0.490 e. The number of benzene rings is 1. The molecule has 2 N–H and O–H groups in total. The fourth-order valence-corrected chi connectivity index (χ4v) is 1.81. The smallest absolute Gasteiger partial charge is 0.124 e. The van der Waals surface area contributed by atoms with Crippen LogP contribution in [-0.4, -0.2) is 38.1 Å². The minimum absolute atomic E-state index is 0.123. The van der Waals surface area contributed by atoms with E-state index < -0.39 is 6.10 Å². The van der Waals surface area contributed by atoms with Gasteiger partial charge in [0.15, 0.2) is 0 Å². The SMILES string of the molecule is CCOCC(O)COc1ccc(Cl)cc1C(C)NC. The molecule has 0 fully saturated rings. The van der Waals surface area contributed by atoms with Gasteiger partial charge in [-0.25, -0.2) is 0 Å². The average Bonchev–Trinajstić information content (AvgIpc) is 2.42. The van der Waals surface area contributed by atoms with Crippen LogP contribution in [-0.2, 0) is 4.74 Å². The first kappa shape index (κ1) is 16.2. The largest absolute Gasteiger partial charge is 0.490 e. The van der Waals surface area contributed by atoms with Crippen molar-refractivity contribution in [1.29, 1.82) is 0 Å². The summed E-state index contributed by atoms with van der Waals surface area (Å²) in [5.41, 5.74) is 0.971. The normalized spacial score (nSPS) is 14.2. The van der Waals surface area contributed by atoms with Crippen LogP contribution >= 0.6 is 11.6 Å². The lowest BCUT2D eigenvalue weighted by Gasteiger charge is -2.18. The summed E-state index contributed by atoms with van der Waals surface area (Å²) in [4.78, 5) is 0. The molecule has 0 bridgehead atoms. The second kappa shape index (κ2) is 8.38. The topological polar surface area (TPSA) is 50.7 Å². The van der Waals surface area contributed by atoms with E-state index in [1.165, 1.54) is 0 Å². The van der Waals surface area contributed by atoms with Gasteiger partial charge in [0, 0.05) is 23.2 Å². The zero-order valence-electron chi connectivity index (χ0n) is 11.6. The molecule has 0 spiro atoms. The Labute approximate surface area is 119 Å². The Balaban J connectivity index is 2.66. The van der Waals surface area contributed by atoms with E-state index in [1.807, 2.05) is 33.0 Å². The number of hydrogen-bond donors (Lipinski definition) is 2. The third-order valence-electron chi connectivity index (χ3n) is 2.82. The molecule has 1 rings (SSSR count). The first-order valence-corrected chi connectivity index (χ1v) is 6.81. The highest BCUT2D eigenvalue weighted by Gasteiger charge is 2.12. The van der Waals surface area contributed by atoms with Gasteiger partial charge < -0.3 is 19.9 Å². The summed E-state index contributed by atoms with van der Waals surface area (Å²) in [7, 11) is 1.87. The van der Waals surface area contributed by atoms with Gasteiger partial charge in [-0.1, -0.05) is 11.6 Å². The number of aliphatic hydroxyl groups is 1. The molecule has 0 radical (unpaired) electrons. The third-order valence-corrected chi connectivity index (χ3v) is 3.05. The van der Waals surface area contributed by atoms with E-state index in [-0.39, 0.29) is 19.3 Å². The lowest BCUT2D eigenvalue weighted by Crippen LogP contribution is -2.24. The van der Waals surface area contributed by atoms with Crippen LogP contribution in [0, 0.1) is 0 Å². The summed E-state index contributed by atoms with van der Waals surface area (Å²) in [6.07, 6.45) is -0.631. The number of rotatable bonds is 8. The Morgan fingerprint density at radius 1 is 1.37 bits per heavy atom. The zero-order chi connectivity index (χ0) is 14.3. The van der Waals surface area contributed by atoms with E-state index in [4.69, 9.17) is 21.1 Å². The predicted molar refractivity (Wildman–Crippen MR) is 76.9 cm³/mol. The molecular formula is C14H22ClNO3. The van der Waals surface area contributed by atoms with Crippen molar-refractivity contribution in [3.63, 3.8) is 0 Å². The maximum absolute atomic E-state index is 9.69. The Morgan fingerprint density at radius 3 is 2.74 bits per heavy atom. The highest BCUT2D eigenvalue weighted by molar-refractivity contribution is 6.30. The molecule has 0 aromatic heterocycles. The van der Waals surface area contributed by atoms with Crippen molar-refractivity contribution in [2.75, 3.05) is 26.9 Å². The molecule has 0 saturated heterocycles. The van der Waals surface area contributed by atoms with Crippen LogP contribution in [0.25, 0.3) is 0 Å². The van der Waals surface area contributed by atoms with Crippen LogP contribution in [0.5, 0.6) is 5.75 Å². The highest BCUT2D eigenvalue weighted by Crippen LogP contribution is 2.28. The molecule has 0 aliphatic heterocycles. The maximum atomic E-state index is 9.69. The Bertz CT molecular complexity index is 387. The quantitative estimate of drug-likeness (QED) is 0.771. The summed E-state index contributed by atoms with van der Waals surface area (Å²) in [6.45, 7) is 4.97.